The van der Waals surface area contributed by atoms with Crippen molar-refractivity contribution < 1.29 is 23.7 Å². The molecule has 178 valence electrons. The van der Waals surface area contributed by atoms with Crippen molar-refractivity contribution in [1.82, 2.24) is 4.98 Å². The lowest BCUT2D eigenvalue weighted by Gasteiger charge is -2.13. The van der Waals surface area contributed by atoms with E-state index >= 15 is 0 Å². The first-order valence-corrected chi connectivity index (χ1v) is 11.2. The lowest BCUT2D eigenvalue weighted by atomic mass is 10.2. The molecule has 0 spiro atoms. The summed E-state index contributed by atoms with van der Waals surface area (Å²) in [4.78, 5) is 16.6. The predicted octanol–water partition coefficient (Wildman–Crippen LogP) is 5.51. The van der Waals surface area contributed by atoms with E-state index < -0.39 is 0 Å². The third-order valence-electron chi connectivity index (χ3n) is 4.70. The number of rotatable bonds is 12. The van der Waals surface area contributed by atoms with Crippen molar-refractivity contribution in [1.29, 1.82) is 0 Å². The molecule has 0 aliphatic rings. The summed E-state index contributed by atoms with van der Waals surface area (Å²) in [7, 11) is 1.57. The molecule has 1 N–H and O–H groups in total. The van der Waals surface area contributed by atoms with Gasteiger partial charge in [-0.2, -0.15) is 0 Å². The lowest BCUT2D eigenvalue weighted by molar-refractivity contribution is -0.111. The van der Waals surface area contributed by atoms with E-state index in [2.05, 4.69) is 17.2 Å². The standard InChI is InChI=1S/C27H30N2O5/c1-4-15-33-24-11-8-20(16-25(24)32-5-2)9-13-27(30)29-22-10-12-23(31-3)26(17-22)34-19-21-7-6-14-28-18-21/h6-14,16-18H,4-5,15,19H2,1-3H3,(H,29,30). The molecule has 0 fully saturated rings. The molecule has 0 saturated heterocycles. The summed E-state index contributed by atoms with van der Waals surface area (Å²) < 4.78 is 22.7. The highest BCUT2D eigenvalue weighted by Gasteiger charge is 2.09. The second kappa shape index (κ2) is 12.9. The van der Waals surface area contributed by atoms with Gasteiger partial charge in [-0.1, -0.05) is 19.1 Å². The molecule has 1 amide bonds. The minimum absolute atomic E-state index is 0.271. The molecular weight excluding hydrogens is 432 g/mol. The molecule has 0 bridgehead atoms. The molecule has 0 aliphatic carbocycles. The van der Waals surface area contributed by atoms with Crippen LogP contribution in [0, 0.1) is 0 Å². The maximum atomic E-state index is 12.5. The Hall–Kier alpha value is -4.00. The molecule has 0 aliphatic heterocycles. The summed E-state index contributed by atoms with van der Waals surface area (Å²) in [6.07, 6.45) is 7.56. The van der Waals surface area contributed by atoms with Gasteiger partial charge < -0.3 is 24.3 Å². The van der Waals surface area contributed by atoms with E-state index in [1.165, 1.54) is 6.08 Å². The average Bonchev–Trinajstić information content (AvgIpc) is 2.86. The van der Waals surface area contributed by atoms with Crippen LogP contribution < -0.4 is 24.3 Å². The molecule has 0 atom stereocenters. The van der Waals surface area contributed by atoms with E-state index in [1.807, 2.05) is 37.3 Å². The second-order valence-corrected chi connectivity index (χ2v) is 7.33. The fraction of sp³-hybridized carbons (Fsp3) is 0.259. The third kappa shape index (κ3) is 7.27. The van der Waals surface area contributed by atoms with Crippen LogP contribution in [0.2, 0.25) is 0 Å². The minimum Gasteiger partial charge on any atom is -0.493 e. The van der Waals surface area contributed by atoms with Crippen molar-refractivity contribution >= 4 is 17.7 Å². The Morgan fingerprint density at radius 1 is 0.971 bits per heavy atom. The number of nitrogens with zero attached hydrogens (tertiary/aromatic N) is 1. The van der Waals surface area contributed by atoms with Gasteiger partial charge in [0.25, 0.3) is 0 Å². The number of anilines is 1. The van der Waals surface area contributed by atoms with E-state index in [-0.39, 0.29) is 5.91 Å². The van der Waals surface area contributed by atoms with Gasteiger partial charge in [0.1, 0.15) is 6.61 Å². The summed E-state index contributed by atoms with van der Waals surface area (Å²) in [6.45, 7) is 5.45. The number of pyridine rings is 1. The number of methoxy groups -OCH3 is 1. The van der Waals surface area contributed by atoms with Gasteiger partial charge in [-0.15, -0.1) is 0 Å². The Bertz CT molecular complexity index is 1100. The zero-order valence-corrected chi connectivity index (χ0v) is 19.7. The second-order valence-electron chi connectivity index (χ2n) is 7.33. The zero-order chi connectivity index (χ0) is 24.2. The van der Waals surface area contributed by atoms with Gasteiger partial charge in [-0.25, -0.2) is 0 Å². The Morgan fingerprint density at radius 3 is 2.53 bits per heavy atom. The number of amides is 1. The van der Waals surface area contributed by atoms with Gasteiger partial charge in [0.05, 0.1) is 20.3 Å². The molecule has 3 rings (SSSR count). The van der Waals surface area contributed by atoms with Crippen LogP contribution in [-0.4, -0.2) is 31.2 Å². The number of carbonyl (C=O) groups excluding carboxylic acids is 1. The first-order chi connectivity index (χ1) is 16.6. The van der Waals surface area contributed by atoms with Crippen LogP contribution in [-0.2, 0) is 11.4 Å². The highest BCUT2D eigenvalue weighted by Crippen LogP contribution is 2.31. The predicted molar refractivity (Wildman–Crippen MR) is 133 cm³/mol. The Kier molecular flexibility index (Phi) is 9.34. The largest absolute Gasteiger partial charge is 0.493 e. The molecule has 0 saturated carbocycles. The molecular formula is C27H30N2O5. The molecule has 2 aromatic carbocycles. The molecule has 34 heavy (non-hydrogen) atoms. The lowest BCUT2D eigenvalue weighted by Crippen LogP contribution is -2.08. The summed E-state index contributed by atoms with van der Waals surface area (Å²) in [5.41, 5.74) is 2.35. The fourth-order valence-corrected chi connectivity index (χ4v) is 3.10. The Labute approximate surface area is 200 Å². The van der Waals surface area contributed by atoms with Crippen molar-refractivity contribution in [3.63, 3.8) is 0 Å². The summed E-state index contributed by atoms with van der Waals surface area (Å²) in [6, 6.07) is 14.6. The van der Waals surface area contributed by atoms with Crippen molar-refractivity contribution in [2.24, 2.45) is 0 Å². The quantitative estimate of drug-likeness (QED) is 0.358. The number of benzene rings is 2. The zero-order valence-electron chi connectivity index (χ0n) is 19.7. The van der Waals surface area contributed by atoms with Crippen LogP contribution in [0.4, 0.5) is 5.69 Å². The highest BCUT2D eigenvalue weighted by atomic mass is 16.5. The molecule has 7 nitrogen and oxygen atoms in total. The Balaban J connectivity index is 1.66. The molecule has 1 heterocycles. The minimum atomic E-state index is -0.271. The first kappa shape index (κ1) is 24.6. The van der Waals surface area contributed by atoms with Crippen LogP contribution in [0.3, 0.4) is 0 Å². The maximum absolute atomic E-state index is 12.5. The summed E-state index contributed by atoms with van der Waals surface area (Å²) >= 11 is 0. The third-order valence-corrected chi connectivity index (χ3v) is 4.70. The van der Waals surface area contributed by atoms with E-state index in [0.717, 1.165) is 17.5 Å². The molecule has 1 aromatic heterocycles. The van der Waals surface area contributed by atoms with E-state index in [4.69, 9.17) is 18.9 Å². The number of nitrogens with one attached hydrogen (secondary N) is 1. The van der Waals surface area contributed by atoms with Gasteiger partial charge in [0.15, 0.2) is 23.0 Å². The summed E-state index contributed by atoms with van der Waals surface area (Å²) in [5, 5.41) is 2.85. The van der Waals surface area contributed by atoms with E-state index in [9.17, 15) is 4.79 Å². The number of hydrogen-bond donors (Lipinski definition) is 1. The topological polar surface area (TPSA) is 78.9 Å². The highest BCUT2D eigenvalue weighted by molar-refractivity contribution is 6.02. The monoisotopic (exact) mass is 462 g/mol. The van der Waals surface area contributed by atoms with Gasteiger partial charge in [-0.3, -0.25) is 9.78 Å². The molecule has 7 heteroatoms. The smallest absolute Gasteiger partial charge is 0.248 e. The van der Waals surface area contributed by atoms with Crippen molar-refractivity contribution in [2.75, 3.05) is 25.6 Å². The number of aromatic nitrogens is 1. The van der Waals surface area contributed by atoms with Crippen LogP contribution in [0.25, 0.3) is 6.08 Å². The van der Waals surface area contributed by atoms with Gasteiger partial charge in [-0.05, 0) is 55.3 Å². The number of ether oxygens (including phenoxy) is 4. The van der Waals surface area contributed by atoms with Crippen LogP contribution >= 0.6 is 0 Å². The molecule has 0 unspecified atom stereocenters. The number of carbonyl (C=O) groups is 1. The average molecular weight is 463 g/mol. The summed E-state index contributed by atoms with van der Waals surface area (Å²) in [5.74, 6) is 2.18. The van der Waals surface area contributed by atoms with Gasteiger partial charge in [0, 0.05) is 35.8 Å². The SMILES string of the molecule is CCCOc1ccc(C=CC(=O)Nc2ccc(OC)c(OCc3cccnc3)c2)cc1OCC. The van der Waals surface area contributed by atoms with Gasteiger partial charge in [0.2, 0.25) is 5.91 Å². The fourth-order valence-electron chi connectivity index (χ4n) is 3.10. The van der Waals surface area contributed by atoms with Crippen LogP contribution in [0.1, 0.15) is 31.4 Å². The van der Waals surface area contributed by atoms with Crippen molar-refractivity contribution in [3.05, 3.63) is 78.1 Å². The first-order valence-electron chi connectivity index (χ1n) is 11.2. The normalized spacial score (nSPS) is 10.7. The molecule has 3 aromatic rings. The molecule has 0 radical (unpaired) electrons. The van der Waals surface area contributed by atoms with Crippen molar-refractivity contribution in [3.8, 4) is 23.0 Å². The van der Waals surface area contributed by atoms with Crippen molar-refractivity contribution in [2.45, 2.75) is 26.9 Å². The van der Waals surface area contributed by atoms with Crippen LogP contribution in [0.15, 0.2) is 67.0 Å². The van der Waals surface area contributed by atoms with Gasteiger partial charge >= 0.3 is 0 Å². The van der Waals surface area contributed by atoms with E-state index in [0.29, 0.717) is 48.5 Å². The van der Waals surface area contributed by atoms with E-state index in [1.54, 1.807) is 43.8 Å². The maximum Gasteiger partial charge on any atom is 0.248 e. The van der Waals surface area contributed by atoms with Crippen LogP contribution in [0.5, 0.6) is 23.0 Å². The number of hydrogen-bond acceptors (Lipinski definition) is 6. The Morgan fingerprint density at radius 2 is 1.79 bits per heavy atom.